The summed E-state index contributed by atoms with van der Waals surface area (Å²) in [5.41, 5.74) is 3.25. The Morgan fingerprint density at radius 1 is 0.867 bits per heavy atom. The topological polar surface area (TPSA) is 101 Å². The molecule has 0 aliphatic rings. The molecule has 2 N–H and O–H groups in total. The van der Waals surface area contributed by atoms with E-state index in [2.05, 4.69) is 25.5 Å². The van der Waals surface area contributed by atoms with Crippen LogP contribution in [0.4, 0.5) is 5.95 Å². The molecule has 0 saturated heterocycles. The van der Waals surface area contributed by atoms with Gasteiger partial charge in [0.15, 0.2) is 0 Å². The van der Waals surface area contributed by atoms with Gasteiger partial charge in [0.2, 0.25) is 5.95 Å². The van der Waals surface area contributed by atoms with Gasteiger partial charge in [-0.2, -0.15) is 5.10 Å². The van der Waals surface area contributed by atoms with Crippen LogP contribution in [-0.4, -0.2) is 26.1 Å². The molecule has 0 aliphatic carbocycles. The third-order valence-electron chi connectivity index (χ3n) is 4.53. The zero-order valence-corrected chi connectivity index (χ0v) is 16.5. The molecule has 4 rings (SSSR count). The number of carbonyl (C=O) groups is 1. The predicted molar refractivity (Wildman–Crippen MR) is 115 cm³/mol. The van der Waals surface area contributed by atoms with Gasteiger partial charge in [0, 0.05) is 22.5 Å². The molecule has 1 amide bonds. The van der Waals surface area contributed by atoms with E-state index in [1.54, 1.807) is 6.07 Å². The minimum Gasteiger partial charge on any atom is -0.290 e. The molecule has 0 unspecified atom stereocenters. The van der Waals surface area contributed by atoms with Gasteiger partial charge >= 0.3 is 0 Å². The molecular weight excluding hydrogens is 378 g/mol. The lowest BCUT2D eigenvalue weighted by Gasteiger charge is -2.13. The van der Waals surface area contributed by atoms with Gasteiger partial charge in [0.25, 0.3) is 11.5 Å². The molecule has 30 heavy (non-hydrogen) atoms. The SMILES string of the molecule is Cc1cc(C)nc(NC(=O)c2c(-c3ccccc3)c(-c3ccccc3)n[nH]c2=O)n1. The maximum Gasteiger partial charge on any atom is 0.277 e. The van der Waals surface area contributed by atoms with Crippen molar-refractivity contribution in [1.82, 2.24) is 20.2 Å². The fraction of sp³-hybridized carbons (Fsp3) is 0.0870. The van der Waals surface area contributed by atoms with E-state index >= 15 is 0 Å². The zero-order valence-electron chi connectivity index (χ0n) is 16.5. The maximum atomic E-state index is 13.2. The summed E-state index contributed by atoms with van der Waals surface area (Å²) in [6.45, 7) is 3.62. The molecule has 2 aromatic carbocycles. The number of aryl methyl sites for hydroxylation is 2. The van der Waals surface area contributed by atoms with Crippen molar-refractivity contribution in [3.05, 3.63) is 94.0 Å². The average Bonchev–Trinajstić information content (AvgIpc) is 2.74. The number of nitrogens with one attached hydrogen (secondary N) is 2. The number of aromatic amines is 1. The Labute approximate surface area is 172 Å². The van der Waals surface area contributed by atoms with E-state index < -0.39 is 11.5 Å². The minimum atomic E-state index is -0.598. The van der Waals surface area contributed by atoms with Crippen LogP contribution in [0.3, 0.4) is 0 Å². The molecule has 0 atom stereocenters. The fourth-order valence-electron chi connectivity index (χ4n) is 3.30. The zero-order chi connectivity index (χ0) is 21.1. The number of H-pyrrole nitrogens is 1. The monoisotopic (exact) mass is 397 g/mol. The summed E-state index contributed by atoms with van der Waals surface area (Å²) in [5, 5.41) is 9.37. The van der Waals surface area contributed by atoms with Crippen LogP contribution < -0.4 is 10.9 Å². The van der Waals surface area contributed by atoms with Crippen LogP contribution >= 0.6 is 0 Å². The smallest absolute Gasteiger partial charge is 0.277 e. The third kappa shape index (κ3) is 3.86. The van der Waals surface area contributed by atoms with E-state index in [0.717, 1.165) is 17.0 Å². The fourth-order valence-corrected chi connectivity index (χ4v) is 3.30. The van der Waals surface area contributed by atoms with Crippen molar-refractivity contribution < 1.29 is 4.79 Å². The molecule has 7 nitrogen and oxygen atoms in total. The highest BCUT2D eigenvalue weighted by molar-refractivity contribution is 6.09. The van der Waals surface area contributed by atoms with Crippen molar-refractivity contribution in [2.24, 2.45) is 0 Å². The molecule has 0 bridgehead atoms. The van der Waals surface area contributed by atoms with E-state index in [-0.39, 0.29) is 11.5 Å². The van der Waals surface area contributed by atoms with Crippen LogP contribution in [0.1, 0.15) is 21.7 Å². The van der Waals surface area contributed by atoms with E-state index in [9.17, 15) is 9.59 Å². The number of hydrogen-bond donors (Lipinski definition) is 2. The van der Waals surface area contributed by atoms with E-state index in [1.165, 1.54) is 0 Å². The average molecular weight is 397 g/mol. The Bertz CT molecular complexity index is 1250. The second-order valence-electron chi connectivity index (χ2n) is 6.81. The van der Waals surface area contributed by atoms with Crippen molar-refractivity contribution in [2.45, 2.75) is 13.8 Å². The number of nitrogens with zero attached hydrogens (tertiary/aromatic N) is 3. The number of amides is 1. The van der Waals surface area contributed by atoms with Gasteiger partial charge in [0.1, 0.15) is 5.56 Å². The summed E-state index contributed by atoms with van der Waals surface area (Å²) < 4.78 is 0. The molecule has 0 aliphatic heterocycles. The van der Waals surface area contributed by atoms with Gasteiger partial charge in [-0.1, -0.05) is 60.7 Å². The molecular formula is C23H19N5O2. The van der Waals surface area contributed by atoms with E-state index in [4.69, 9.17) is 0 Å². The molecule has 2 heterocycles. The van der Waals surface area contributed by atoms with Crippen LogP contribution in [0.2, 0.25) is 0 Å². The summed E-state index contributed by atoms with van der Waals surface area (Å²) in [6, 6.07) is 20.4. The summed E-state index contributed by atoms with van der Waals surface area (Å²) in [7, 11) is 0. The van der Waals surface area contributed by atoms with Crippen molar-refractivity contribution in [3.8, 4) is 22.4 Å². The first-order valence-electron chi connectivity index (χ1n) is 9.40. The van der Waals surface area contributed by atoms with Gasteiger partial charge in [-0.05, 0) is 25.5 Å². The number of carbonyl (C=O) groups excluding carboxylic acids is 1. The number of rotatable bonds is 4. The summed E-state index contributed by atoms with van der Waals surface area (Å²) >= 11 is 0. The van der Waals surface area contributed by atoms with Crippen LogP contribution in [0.15, 0.2) is 71.5 Å². The van der Waals surface area contributed by atoms with Crippen molar-refractivity contribution in [1.29, 1.82) is 0 Å². The Balaban J connectivity index is 1.90. The molecule has 2 aromatic heterocycles. The van der Waals surface area contributed by atoms with Gasteiger partial charge in [0.05, 0.1) is 5.69 Å². The molecule has 0 radical (unpaired) electrons. The molecule has 0 saturated carbocycles. The van der Waals surface area contributed by atoms with Gasteiger partial charge < -0.3 is 0 Å². The number of benzene rings is 2. The third-order valence-corrected chi connectivity index (χ3v) is 4.53. The lowest BCUT2D eigenvalue weighted by molar-refractivity contribution is 0.102. The van der Waals surface area contributed by atoms with Gasteiger partial charge in [-0.3, -0.25) is 14.9 Å². The quantitative estimate of drug-likeness (QED) is 0.546. The van der Waals surface area contributed by atoms with Crippen LogP contribution in [0, 0.1) is 13.8 Å². The summed E-state index contributed by atoms with van der Waals surface area (Å²) in [5.74, 6) is -0.450. The Hall–Kier alpha value is -4.13. The molecule has 148 valence electrons. The number of aromatic nitrogens is 4. The van der Waals surface area contributed by atoms with E-state index in [0.29, 0.717) is 16.8 Å². The highest BCUT2D eigenvalue weighted by atomic mass is 16.2. The standard InChI is InChI=1S/C23H19N5O2/c1-14-13-15(2)25-23(24-14)26-21(29)19-18(16-9-5-3-6-10-16)20(27-28-22(19)30)17-11-7-4-8-12-17/h3-13H,1-2H3,(H,28,30)(H,24,25,26,29). The maximum absolute atomic E-state index is 13.2. The lowest BCUT2D eigenvalue weighted by atomic mass is 9.95. The Morgan fingerprint density at radius 2 is 1.43 bits per heavy atom. The normalized spacial score (nSPS) is 10.6. The van der Waals surface area contributed by atoms with E-state index in [1.807, 2.05) is 74.5 Å². The number of hydrogen-bond acceptors (Lipinski definition) is 5. The first kappa shape index (κ1) is 19.2. The first-order chi connectivity index (χ1) is 14.5. The number of anilines is 1. The van der Waals surface area contributed by atoms with Crippen molar-refractivity contribution in [3.63, 3.8) is 0 Å². The molecule has 4 aromatic rings. The molecule has 7 heteroatoms. The Kier molecular flexibility index (Phi) is 5.17. The van der Waals surface area contributed by atoms with Gasteiger partial charge in [-0.25, -0.2) is 15.1 Å². The highest BCUT2D eigenvalue weighted by Crippen LogP contribution is 2.31. The Morgan fingerprint density at radius 3 is 2.03 bits per heavy atom. The van der Waals surface area contributed by atoms with Crippen LogP contribution in [0.25, 0.3) is 22.4 Å². The van der Waals surface area contributed by atoms with Crippen LogP contribution in [0.5, 0.6) is 0 Å². The highest BCUT2D eigenvalue weighted by Gasteiger charge is 2.23. The molecule has 0 fully saturated rings. The predicted octanol–water partition coefficient (Wildman–Crippen LogP) is 3.76. The second-order valence-corrected chi connectivity index (χ2v) is 6.81. The largest absolute Gasteiger partial charge is 0.290 e. The lowest BCUT2D eigenvalue weighted by Crippen LogP contribution is -2.27. The van der Waals surface area contributed by atoms with Crippen molar-refractivity contribution in [2.75, 3.05) is 5.32 Å². The first-order valence-corrected chi connectivity index (χ1v) is 9.40. The van der Waals surface area contributed by atoms with Crippen LogP contribution in [-0.2, 0) is 0 Å². The molecule has 0 spiro atoms. The summed E-state index contributed by atoms with van der Waals surface area (Å²) in [6.07, 6.45) is 0. The second kappa shape index (κ2) is 8.08. The van der Waals surface area contributed by atoms with Gasteiger partial charge in [-0.15, -0.1) is 0 Å². The summed E-state index contributed by atoms with van der Waals surface area (Å²) in [4.78, 5) is 34.4. The van der Waals surface area contributed by atoms with Crippen molar-refractivity contribution >= 4 is 11.9 Å². The minimum absolute atomic E-state index is 0.0437.